The minimum absolute atomic E-state index is 0.559. The van der Waals surface area contributed by atoms with Crippen LogP contribution in [-0.2, 0) is 10.8 Å². The summed E-state index contributed by atoms with van der Waals surface area (Å²) >= 11 is 0. The molecule has 0 amide bonds. The van der Waals surface area contributed by atoms with Crippen molar-refractivity contribution in [3.05, 3.63) is 348 Å². The van der Waals surface area contributed by atoms with E-state index in [2.05, 4.69) is 313 Å². The molecule has 0 spiro atoms. The molecule has 76 heavy (non-hydrogen) atoms. The first-order valence-electron chi connectivity index (χ1n) is 26.4. The van der Waals surface area contributed by atoms with Gasteiger partial charge in [0.1, 0.15) is 0 Å². The van der Waals surface area contributed by atoms with E-state index in [1.54, 1.807) is 0 Å². The molecule has 2 heteroatoms. The van der Waals surface area contributed by atoms with Crippen molar-refractivity contribution in [3.8, 4) is 39.1 Å². The summed E-state index contributed by atoms with van der Waals surface area (Å²) in [6.45, 7) is 0. The van der Waals surface area contributed by atoms with Gasteiger partial charge in [0.2, 0.25) is 0 Å². The van der Waals surface area contributed by atoms with Crippen molar-refractivity contribution in [2.24, 2.45) is 0 Å². The van der Waals surface area contributed by atoms with Crippen molar-refractivity contribution in [2.45, 2.75) is 10.8 Å². The normalized spacial score (nSPS) is 13.5. The summed E-state index contributed by atoms with van der Waals surface area (Å²) in [7, 11) is 0. The minimum Gasteiger partial charge on any atom is -0.310 e. The highest BCUT2D eigenvalue weighted by Crippen LogP contribution is 2.61. The molecule has 1 aromatic heterocycles. The van der Waals surface area contributed by atoms with Gasteiger partial charge in [-0.1, -0.05) is 249 Å². The smallest absolute Gasteiger partial charge is 0.0714 e. The molecule has 13 aromatic rings. The first-order chi connectivity index (χ1) is 37.7. The van der Waals surface area contributed by atoms with Crippen LogP contribution >= 0.6 is 0 Å². The number of fused-ring (bicyclic) bond motifs is 9. The van der Waals surface area contributed by atoms with E-state index < -0.39 is 10.8 Å². The van der Waals surface area contributed by atoms with Gasteiger partial charge in [-0.05, 0) is 127 Å². The topological polar surface area (TPSA) is 8.17 Å². The highest BCUT2D eigenvalue weighted by Gasteiger charge is 2.49. The maximum atomic E-state index is 2.53. The highest BCUT2D eigenvalue weighted by atomic mass is 15.1. The Bertz CT molecular complexity index is 4190. The van der Waals surface area contributed by atoms with Gasteiger partial charge in [-0.2, -0.15) is 0 Å². The summed E-state index contributed by atoms with van der Waals surface area (Å²) < 4.78 is 2.40. The number of rotatable bonds is 9. The highest BCUT2D eigenvalue weighted by molar-refractivity contribution is 6.09. The summed E-state index contributed by atoms with van der Waals surface area (Å²) in [6, 6.07) is 113. The lowest BCUT2D eigenvalue weighted by atomic mass is 9.67. The van der Waals surface area contributed by atoms with Crippen molar-refractivity contribution in [2.75, 3.05) is 4.90 Å². The summed E-state index contributed by atoms with van der Waals surface area (Å²) in [6.07, 6.45) is 0. The molecule has 2 nitrogen and oxygen atoms in total. The van der Waals surface area contributed by atoms with Gasteiger partial charge in [-0.3, -0.25) is 0 Å². The minimum atomic E-state index is -0.567. The Balaban J connectivity index is 0.967. The zero-order valence-electron chi connectivity index (χ0n) is 41.8. The van der Waals surface area contributed by atoms with Crippen molar-refractivity contribution in [3.63, 3.8) is 0 Å². The van der Waals surface area contributed by atoms with Gasteiger partial charge in [0, 0.05) is 33.4 Å². The number of aromatic nitrogens is 1. The van der Waals surface area contributed by atoms with Gasteiger partial charge < -0.3 is 9.47 Å². The zero-order chi connectivity index (χ0) is 50.2. The quantitative estimate of drug-likeness (QED) is 0.140. The lowest BCUT2D eigenvalue weighted by Gasteiger charge is -2.35. The molecule has 12 aromatic carbocycles. The number of nitrogens with zero attached hydrogens (tertiary/aromatic N) is 2. The van der Waals surface area contributed by atoms with E-state index in [-0.39, 0.29) is 0 Å². The van der Waals surface area contributed by atoms with Crippen LogP contribution in [0.2, 0.25) is 0 Å². The van der Waals surface area contributed by atoms with Crippen molar-refractivity contribution in [1.29, 1.82) is 0 Å². The fraction of sp³-hybridized carbons (Fsp3) is 0.0270. The molecule has 356 valence electrons. The maximum absolute atomic E-state index is 2.53. The van der Waals surface area contributed by atoms with Crippen LogP contribution in [-0.4, -0.2) is 4.57 Å². The molecule has 2 aliphatic rings. The number of hydrogen-bond acceptors (Lipinski definition) is 1. The molecular formula is C74H50N2. The molecule has 15 rings (SSSR count). The first-order valence-corrected chi connectivity index (χ1v) is 26.4. The lowest BCUT2D eigenvalue weighted by Crippen LogP contribution is -2.29. The molecule has 0 N–H and O–H groups in total. The van der Waals surface area contributed by atoms with E-state index >= 15 is 0 Å². The average molecular weight is 967 g/mol. The largest absolute Gasteiger partial charge is 0.310 e. The van der Waals surface area contributed by atoms with Gasteiger partial charge >= 0.3 is 0 Å². The monoisotopic (exact) mass is 966 g/mol. The fourth-order valence-corrected chi connectivity index (χ4v) is 13.5. The third-order valence-corrected chi connectivity index (χ3v) is 16.5. The Morgan fingerprint density at radius 2 is 0.724 bits per heavy atom. The van der Waals surface area contributed by atoms with Gasteiger partial charge in [0.05, 0.1) is 27.6 Å². The van der Waals surface area contributed by atoms with Crippen LogP contribution in [0, 0.1) is 0 Å². The molecule has 0 atom stereocenters. The van der Waals surface area contributed by atoms with Crippen LogP contribution in [0.3, 0.4) is 0 Å². The summed E-state index contributed by atoms with van der Waals surface area (Å²) in [5.41, 5.74) is 23.1. The number of para-hydroxylation sites is 2. The van der Waals surface area contributed by atoms with Crippen molar-refractivity contribution < 1.29 is 0 Å². The van der Waals surface area contributed by atoms with Crippen LogP contribution in [0.4, 0.5) is 17.1 Å². The second kappa shape index (κ2) is 17.4. The van der Waals surface area contributed by atoms with E-state index in [4.69, 9.17) is 0 Å². The Hall–Kier alpha value is -9.76. The van der Waals surface area contributed by atoms with E-state index in [1.807, 2.05) is 0 Å². The summed E-state index contributed by atoms with van der Waals surface area (Å²) in [5.74, 6) is 0. The van der Waals surface area contributed by atoms with Gasteiger partial charge in [0.25, 0.3) is 0 Å². The standard InChI is InChI=1S/C74H50N2/c1-5-24-53(25-6-1)73(54-26-7-2-8-27-54)66-38-18-14-36-64(66)72-67(73)39-22-42-71(72)75(57-45-43-51(44-46-57)52-23-21-32-58(49-52)76-69-40-19-15-34-62(69)63-35-16-20-41-70(63)76)59-47-48-61-60-33-13-17-37-65(60)74(68(61)50-59,55-28-9-3-10-29-55)56-30-11-4-12-31-56/h1-50H. The first kappa shape index (κ1) is 43.8. The average Bonchev–Trinajstić information content (AvgIpc) is 4.30. The molecule has 0 fully saturated rings. The van der Waals surface area contributed by atoms with E-state index in [0.29, 0.717) is 0 Å². The van der Waals surface area contributed by atoms with Crippen molar-refractivity contribution >= 4 is 38.9 Å². The van der Waals surface area contributed by atoms with Gasteiger partial charge in [-0.15, -0.1) is 0 Å². The van der Waals surface area contributed by atoms with Gasteiger partial charge in [-0.25, -0.2) is 0 Å². The molecule has 0 unspecified atom stereocenters. The molecule has 0 saturated carbocycles. The zero-order valence-corrected chi connectivity index (χ0v) is 41.8. The SMILES string of the molecule is c1ccc(C2(c3ccccc3)c3ccccc3-c3ccc(N(c4ccc(-c5cccc(-n6c7ccccc7c7ccccc76)c5)cc4)c4cccc5c4-c4ccccc4C5(c4ccccc4)c4ccccc4)cc32)cc1. The Morgan fingerprint density at radius 1 is 0.276 bits per heavy atom. The lowest BCUT2D eigenvalue weighted by molar-refractivity contribution is 0.768. The Labute approximate surface area is 443 Å². The summed E-state index contributed by atoms with van der Waals surface area (Å²) in [4.78, 5) is 2.53. The third-order valence-electron chi connectivity index (χ3n) is 16.5. The van der Waals surface area contributed by atoms with E-state index in [0.717, 1.165) is 33.9 Å². The third kappa shape index (κ3) is 6.34. The van der Waals surface area contributed by atoms with E-state index in [9.17, 15) is 0 Å². The van der Waals surface area contributed by atoms with Gasteiger partial charge in [0.15, 0.2) is 0 Å². The number of hydrogen-bond donors (Lipinski definition) is 0. The van der Waals surface area contributed by atoms with E-state index in [1.165, 1.54) is 88.6 Å². The van der Waals surface area contributed by atoms with Crippen LogP contribution in [0.1, 0.15) is 44.5 Å². The van der Waals surface area contributed by atoms with Crippen LogP contribution in [0.5, 0.6) is 0 Å². The molecule has 0 radical (unpaired) electrons. The van der Waals surface area contributed by atoms with Crippen LogP contribution in [0.25, 0.3) is 60.9 Å². The number of benzene rings is 12. The molecule has 0 saturated heterocycles. The predicted octanol–water partition coefficient (Wildman–Crippen LogP) is 18.6. The van der Waals surface area contributed by atoms with Crippen LogP contribution < -0.4 is 4.90 Å². The second-order valence-electron chi connectivity index (χ2n) is 20.3. The number of anilines is 3. The predicted molar refractivity (Wildman–Crippen MR) is 316 cm³/mol. The molecule has 2 aliphatic carbocycles. The molecule has 0 bridgehead atoms. The van der Waals surface area contributed by atoms with Crippen LogP contribution in [0.15, 0.2) is 303 Å². The Kier molecular flexibility index (Phi) is 10.0. The maximum Gasteiger partial charge on any atom is 0.0714 e. The second-order valence-corrected chi connectivity index (χ2v) is 20.3. The Morgan fingerprint density at radius 3 is 1.32 bits per heavy atom. The molecule has 0 aliphatic heterocycles. The summed E-state index contributed by atoms with van der Waals surface area (Å²) in [5, 5.41) is 2.51. The fourth-order valence-electron chi connectivity index (χ4n) is 13.5. The molecule has 1 heterocycles. The molecular weight excluding hydrogens is 917 g/mol. The van der Waals surface area contributed by atoms with Crippen molar-refractivity contribution in [1.82, 2.24) is 4.57 Å².